The standard InChI is InChI=1S/C13H14ClN3O2/c1-8-2-3-9(14)6-10(8)12-11(7-19)13(15)17(16-12)4-5-18/h2-3,6-7,18H,4-5,15H2,1H3. The van der Waals surface area contributed by atoms with Gasteiger partial charge in [-0.05, 0) is 24.6 Å². The van der Waals surface area contributed by atoms with Gasteiger partial charge < -0.3 is 10.8 Å². The van der Waals surface area contributed by atoms with Crippen molar-refractivity contribution in [1.82, 2.24) is 9.78 Å². The Bertz CT molecular complexity index is 623. The predicted molar refractivity (Wildman–Crippen MR) is 74.3 cm³/mol. The van der Waals surface area contributed by atoms with Crippen molar-refractivity contribution in [2.75, 3.05) is 12.3 Å². The highest BCUT2D eigenvalue weighted by Gasteiger charge is 2.18. The van der Waals surface area contributed by atoms with Gasteiger partial charge in [0.15, 0.2) is 6.29 Å². The average Bonchev–Trinajstić information content (AvgIpc) is 2.70. The van der Waals surface area contributed by atoms with E-state index in [4.69, 9.17) is 22.4 Å². The van der Waals surface area contributed by atoms with Crippen molar-refractivity contribution in [3.8, 4) is 11.3 Å². The Labute approximate surface area is 115 Å². The molecule has 19 heavy (non-hydrogen) atoms. The van der Waals surface area contributed by atoms with Gasteiger partial charge in [0.2, 0.25) is 0 Å². The summed E-state index contributed by atoms with van der Waals surface area (Å²) in [6, 6.07) is 5.37. The van der Waals surface area contributed by atoms with Crippen LogP contribution in [0.4, 0.5) is 5.82 Å². The Balaban J connectivity index is 2.64. The fraction of sp³-hybridized carbons (Fsp3) is 0.231. The largest absolute Gasteiger partial charge is 0.394 e. The third-order valence-corrected chi connectivity index (χ3v) is 3.15. The monoisotopic (exact) mass is 279 g/mol. The number of aliphatic hydroxyl groups excluding tert-OH is 1. The molecule has 0 atom stereocenters. The van der Waals surface area contributed by atoms with Gasteiger partial charge in [0.25, 0.3) is 0 Å². The highest BCUT2D eigenvalue weighted by molar-refractivity contribution is 6.30. The summed E-state index contributed by atoms with van der Waals surface area (Å²) in [5, 5.41) is 13.8. The van der Waals surface area contributed by atoms with Crippen LogP contribution in [0.3, 0.4) is 0 Å². The maximum atomic E-state index is 11.2. The number of rotatable bonds is 4. The molecule has 3 N–H and O–H groups in total. The molecule has 0 aliphatic carbocycles. The first-order chi connectivity index (χ1) is 9.08. The van der Waals surface area contributed by atoms with Gasteiger partial charge in [-0.2, -0.15) is 5.10 Å². The molecule has 2 aromatic rings. The number of hydrogen-bond acceptors (Lipinski definition) is 4. The second-order valence-corrected chi connectivity index (χ2v) is 4.61. The molecule has 0 fully saturated rings. The number of nitrogens with two attached hydrogens (primary N) is 1. The highest BCUT2D eigenvalue weighted by Crippen LogP contribution is 2.30. The number of aliphatic hydroxyl groups is 1. The molecular weight excluding hydrogens is 266 g/mol. The number of hydrogen-bond donors (Lipinski definition) is 2. The van der Waals surface area contributed by atoms with Gasteiger partial charge in [0, 0.05) is 10.6 Å². The maximum absolute atomic E-state index is 11.2. The van der Waals surface area contributed by atoms with Crippen LogP contribution in [-0.2, 0) is 6.54 Å². The van der Waals surface area contributed by atoms with Crippen LogP contribution in [-0.4, -0.2) is 27.8 Å². The van der Waals surface area contributed by atoms with E-state index in [-0.39, 0.29) is 19.0 Å². The van der Waals surface area contributed by atoms with Crippen molar-refractivity contribution < 1.29 is 9.90 Å². The average molecular weight is 280 g/mol. The SMILES string of the molecule is Cc1ccc(Cl)cc1-c1nn(CCO)c(N)c1C=O. The topological polar surface area (TPSA) is 81.1 Å². The molecule has 6 heteroatoms. The minimum atomic E-state index is -0.0991. The summed E-state index contributed by atoms with van der Waals surface area (Å²) >= 11 is 5.98. The van der Waals surface area contributed by atoms with Crippen LogP contribution in [0.5, 0.6) is 0 Å². The van der Waals surface area contributed by atoms with Crippen molar-refractivity contribution in [1.29, 1.82) is 0 Å². The second-order valence-electron chi connectivity index (χ2n) is 4.17. The number of aromatic nitrogens is 2. The first-order valence-corrected chi connectivity index (χ1v) is 6.15. The highest BCUT2D eigenvalue weighted by atomic mass is 35.5. The minimum absolute atomic E-state index is 0.0991. The molecule has 5 nitrogen and oxygen atoms in total. The van der Waals surface area contributed by atoms with Crippen LogP contribution < -0.4 is 5.73 Å². The summed E-state index contributed by atoms with van der Waals surface area (Å²) in [5.41, 5.74) is 8.36. The fourth-order valence-corrected chi connectivity index (χ4v) is 2.09. The van der Waals surface area contributed by atoms with Crippen LogP contribution in [0.2, 0.25) is 5.02 Å². The van der Waals surface area contributed by atoms with E-state index in [1.165, 1.54) is 4.68 Å². The second kappa shape index (κ2) is 5.42. The van der Waals surface area contributed by atoms with Crippen molar-refractivity contribution in [3.05, 3.63) is 34.3 Å². The first kappa shape index (κ1) is 13.6. The van der Waals surface area contributed by atoms with E-state index in [9.17, 15) is 4.79 Å². The predicted octanol–water partition coefficient (Wildman–Crippen LogP) is 1.90. The van der Waals surface area contributed by atoms with Crippen molar-refractivity contribution in [2.45, 2.75) is 13.5 Å². The molecular formula is C13H14ClN3O2. The van der Waals surface area contributed by atoms with E-state index < -0.39 is 0 Å². The molecule has 0 amide bonds. The molecule has 0 spiro atoms. The minimum Gasteiger partial charge on any atom is -0.394 e. The van der Waals surface area contributed by atoms with Crippen LogP contribution in [0, 0.1) is 6.92 Å². The van der Waals surface area contributed by atoms with Gasteiger partial charge in [-0.15, -0.1) is 0 Å². The summed E-state index contributed by atoms with van der Waals surface area (Å²) in [6.45, 7) is 2.05. The van der Waals surface area contributed by atoms with Gasteiger partial charge in [-0.1, -0.05) is 17.7 Å². The third kappa shape index (κ3) is 2.47. The van der Waals surface area contributed by atoms with Crippen molar-refractivity contribution in [2.24, 2.45) is 0 Å². The van der Waals surface area contributed by atoms with E-state index in [0.29, 0.717) is 22.6 Å². The molecule has 0 saturated heterocycles. The number of carbonyl (C=O) groups excluding carboxylic acids is 1. The zero-order valence-electron chi connectivity index (χ0n) is 10.4. The number of nitrogen functional groups attached to an aromatic ring is 1. The quantitative estimate of drug-likeness (QED) is 0.838. The molecule has 0 unspecified atom stereocenters. The maximum Gasteiger partial charge on any atom is 0.156 e. The van der Waals surface area contributed by atoms with E-state index >= 15 is 0 Å². The van der Waals surface area contributed by atoms with Gasteiger partial charge in [0.05, 0.1) is 18.7 Å². The Morgan fingerprint density at radius 3 is 2.89 bits per heavy atom. The van der Waals surface area contributed by atoms with E-state index in [1.54, 1.807) is 12.1 Å². The fourth-order valence-electron chi connectivity index (χ4n) is 1.92. The number of benzene rings is 1. The van der Waals surface area contributed by atoms with Gasteiger partial charge >= 0.3 is 0 Å². The summed E-state index contributed by atoms with van der Waals surface area (Å²) < 4.78 is 1.42. The zero-order chi connectivity index (χ0) is 14.0. The zero-order valence-corrected chi connectivity index (χ0v) is 11.2. The molecule has 0 aliphatic heterocycles. The molecule has 0 saturated carbocycles. The normalized spacial score (nSPS) is 10.7. The van der Waals surface area contributed by atoms with E-state index in [1.807, 2.05) is 13.0 Å². The number of nitrogens with zero attached hydrogens (tertiary/aromatic N) is 2. The lowest BCUT2D eigenvalue weighted by Crippen LogP contribution is -2.08. The van der Waals surface area contributed by atoms with E-state index in [2.05, 4.69) is 5.10 Å². The summed E-state index contributed by atoms with van der Waals surface area (Å²) in [4.78, 5) is 11.2. The smallest absolute Gasteiger partial charge is 0.156 e. The van der Waals surface area contributed by atoms with Crippen molar-refractivity contribution in [3.63, 3.8) is 0 Å². The van der Waals surface area contributed by atoms with Crippen LogP contribution in [0.1, 0.15) is 15.9 Å². The van der Waals surface area contributed by atoms with Gasteiger partial charge in [-0.25, -0.2) is 4.68 Å². The molecule has 1 aromatic carbocycles. The molecule has 1 heterocycles. The molecule has 0 bridgehead atoms. The summed E-state index contributed by atoms with van der Waals surface area (Å²) in [6.07, 6.45) is 0.673. The summed E-state index contributed by atoms with van der Waals surface area (Å²) in [7, 11) is 0. The van der Waals surface area contributed by atoms with Crippen molar-refractivity contribution >= 4 is 23.7 Å². The number of aryl methyl sites for hydroxylation is 1. The Hall–Kier alpha value is -1.85. The lowest BCUT2D eigenvalue weighted by atomic mass is 10.0. The van der Waals surface area contributed by atoms with Crippen LogP contribution >= 0.6 is 11.6 Å². The molecule has 2 rings (SSSR count). The Morgan fingerprint density at radius 2 is 2.26 bits per heavy atom. The number of carbonyl (C=O) groups is 1. The van der Waals surface area contributed by atoms with Gasteiger partial charge in [-0.3, -0.25) is 4.79 Å². The van der Waals surface area contributed by atoms with Gasteiger partial charge in [0.1, 0.15) is 11.5 Å². The number of aldehydes is 1. The molecule has 0 radical (unpaired) electrons. The molecule has 100 valence electrons. The summed E-state index contributed by atoms with van der Waals surface area (Å²) in [5.74, 6) is 0.249. The number of anilines is 1. The third-order valence-electron chi connectivity index (χ3n) is 2.91. The van der Waals surface area contributed by atoms with E-state index in [0.717, 1.165) is 11.1 Å². The van der Waals surface area contributed by atoms with Crippen LogP contribution in [0.25, 0.3) is 11.3 Å². The molecule has 0 aliphatic rings. The number of halogens is 1. The Morgan fingerprint density at radius 1 is 1.53 bits per heavy atom. The Kier molecular flexibility index (Phi) is 3.87. The first-order valence-electron chi connectivity index (χ1n) is 5.77. The lowest BCUT2D eigenvalue weighted by Gasteiger charge is -2.04. The lowest BCUT2D eigenvalue weighted by molar-refractivity contribution is 0.112. The molecule has 1 aromatic heterocycles. The van der Waals surface area contributed by atoms with Crippen LogP contribution in [0.15, 0.2) is 18.2 Å².